The van der Waals surface area contributed by atoms with Crippen molar-refractivity contribution in [1.29, 1.82) is 0 Å². The van der Waals surface area contributed by atoms with E-state index >= 15 is 8.78 Å². The van der Waals surface area contributed by atoms with E-state index in [4.69, 9.17) is 0 Å². The largest absolute Gasteiger partial charge is 0.456 e. The third-order valence-corrected chi connectivity index (χ3v) is 10.7. The molecule has 4 aliphatic carbocycles. The molecule has 0 spiro atoms. The van der Waals surface area contributed by atoms with Gasteiger partial charge in [0.05, 0.1) is 0 Å². The number of carbonyl (C=O) groups excluding carboxylic acids is 2. The number of rotatable bonds is 6. The topological polar surface area (TPSA) is 79.3 Å². The lowest BCUT2D eigenvalue weighted by molar-refractivity contribution is -0.362. The maximum Gasteiger partial charge on any atom is 0.456 e. The van der Waals surface area contributed by atoms with Crippen molar-refractivity contribution in [2.45, 2.75) is 81.9 Å². The van der Waals surface area contributed by atoms with E-state index in [0.717, 1.165) is 22.4 Å². The lowest BCUT2D eigenvalue weighted by Crippen LogP contribution is -2.65. The van der Waals surface area contributed by atoms with Gasteiger partial charge in [0.1, 0.15) is 5.60 Å². The molecule has 2 fully saturated rings. The summed E-state index contributed by atoms with van der Waals surface area (Å²) in [5, 5.41) is 14.3. The van der Waals surface area contributed by atoms with E-state index in [1.807, 2.05) is 18.2 Å². The van der Waals surface area contributed by atoms with Crippen molar-refractivity contribution >= 4 is 11.7 Å². The van der Waals surface area contributed by atoms with Crippen LogP contribution in [0.2, 0.25) is 0 Å². The quantitative estimate of drug-likeness (QED) is 0.348. The Bertz CT molecular complexity index is 1520. The summed E-state index contributed by atoms with van der Waals surface area (Å²) >= 11 is 0. The van der Waals surface area contributed by atoms with E-state index in [1.165, 1.54) is 6.92 Å². The average Bonchev–Trinajstić information content (AvgIpc) is 3.27. The van der Waals surface area contributed by atoms with Crippen LogP contribution in [-0.4, -0.2) is 46.0 Å². The Hall–Kier alpha value is -3.40. The number of nitrogens with one attached hydrogen (secondary N) is 1. The molecule has 1 aromatic carbocycles. The molecule has 0 bridgehead atoms. The second-order valence-electron chi connectivity index (χ2n) is 12.9. The fourth-order valence-electron chi connectivity index (χ4n) is 8.53. The molecule has 5 nitrogen and oxygen atoms in total. The van der Waals surface area contributed by atoms with Gasteiger partial charge in [0.15, 0.2) is 5.78 Å². The van der Waals surface area contributed by atoms with Crippen molar-refractivity contribution in [1.82, 2.24) is 10.3 Å². The molecule has 4 aliphatic rings. The van der Waals surface area contributed by atoms with Gasteiger partial charge in [0, 0.05) is 48.2 Å². The minimum absolute atomic E-state index is 0.0264. The van der Waals surface area contributed by atoms with Crippen molar-refractivity contribution in [2.75, 3.05) is 6.54 Å². The van der Waals surface area contributed by atoms with Gasteiger partial charge in [-0.2, -0.15) is 22.0 Å². The van der Waals surface area contributed by atoms with Gasteiger partial charge in [-0.15, -0.1) is 0 Å². The molecule has 2 aromatic rings. The first-order chi connectivity index (χ1) is 20.8. The molecule has 6 rings (SSSR count). The number of hydrogen-bond acceptors (Lipinski definition) is 4. The Morgan fingerprint density at radius 3 is 2.48 bits per heavy atom. The molecule has 0 aliphatic heterocycles. The molecule has 0 saturated heterocycles. The highest BCUT2D eigenvalue weighted by atomic mass is 19.4. The first-order valence-corrected chi connectivity index (χ1v) is 15.2. The smallest absolute Gasteiger partial charge is 0.383 e. The number of ketones is 1. The zero-order chi connectivity index (χ0) is 31.5. The molecule has 44 heavy (non-hydrogen) atoms. The fraction of sp³-hybridized carbons (Fsp3) is 0.500. The maximum absolute atomic E-state index is 15.2. The molecule has 1 amide bonds. The second-order valence-corrected chi connectivity index (χ2v) is 12.9. The molecule has 0 radical (unpaired) electrons. The molecular formula is C34H35F5N2O3. The first kappa shape index (κ1) is 30.6. The summed E-state index contributed by atoms with van der Waals surface area (Å²) < 4.78 is 71.7. The van der Waals surface area contributed by atoms with E-state index in [0.29, 0.717) is 49.8 Å². The Kier molecular flexibility index (Phi) is 7.58. The van der Waals surface area contributed by atoms with E-state index in [1.54, 1.807) is 36.5 Å². The molecule has 10 heteroatoms. The van der Waals surface area contributed by atoms with E-state index in [2.05, 4.69) is 10.3 Å². The summed E-state index contributed by atoms with van der Waals surface area (Å²) in [6, 6.07) is 12.3. The van der Waals surface area contributed by atoms with Crippen LogP contribution in [0.15, 0.2) is 71.5 Å². The Morgan fingerprint density at radius 1 is 1.05 bits per heavy atom. The van der Waals surface area contributed by atoms with Gasteiger partial charge in [0.2, 0.25) is 0 Å². The SMILES string of the molecule is C[C@]12C[C@H](c3ccc(C(=O)NCCc4ccccn4)cc3)C3=C4CCC(=O)C=C4CC[C@H]3[C@@H]1CC[C@@]2(O)C(F)(F)C(F)(F)F. The van der Waals surface area contributed by atoms with Crippen LogP contribution >= 0.6 is 0 Å². The highest BCUT2D eigenvalue weighted by Crippen LogP contribution is 2.70. The number of allylic oxidation sites excluding steroid dienone is 4. The lowest BCUT2D eigenvalue weighted by atomic mass is 9.50. The normalized spacial score (nSPS) is 30.3. The number of carbonyl (C=O) groups is 2. The lowest BCUT2D eigenvalue weighted by Gasteiger charge is -2.56. The predicted molar refractivity (Wildman–Crippen MR) is 153 cm³/mol. The van der Waals surface area contributed by atoms with Crippen molar-refractivity contribution in [3.8, 4) is 0 Å². The monoisotopic (exact) mass is 614 g/mol. The Morgan fingerprint density at radius 2 is 1.80 bits per heavy atom. The van der Waals surface area contributed by atoms with E-state index in [9.17, 15) is 27.9 Å². The van der Waals surface area contributed by atoms with Gasteiger partial charge < -0.3 is 10.4 Å². The number of alkyl halides is 5. The summed E-state index contributed by atoms with van der Waals surface area (Å²) in [6.07, 6.45) is -0.849. The Labute approximate surface area is 252 Å². The minimum Gasteiger partial charge on any atom is -0.383 e. The first-order valence-electron chi connectivity index (χ1n) is 15.2. The molecule has 1 aromatic heterocycles. The van der Waals surface area contributed by atoms with E-state index in [-0.39, 0.29) is 30.4 Å². The summed E-state index contributed by atoms with van der Waals surface area (Å²) in [6.45, 7) is 1.77. The third kappa shape index (κ3) is 4.80. The highest BCUT2D eigenvalue weighted by molar-refractivity contribution is 5.94. The van der Waals surface area contributed by atoms with Crippen molar-refractivity contribution in [3.63, 3.8) is 0 Å². The van der Waals surface area contributed by atoms with Crippen LogP contribution in [0.5, 0.6) is 0 Å². The number of pyridine rings is 1. The molecule has 234 valence electrons. The summed E-state index contributed by atoms with van der Waals surface area (Å²) in [7, 11) is 0. The number of amides is 1. The van der Waals surface area contributed by atoms with Crippen molar-refractivity contribution in [3.05, 3.63) is 88.3 Å². The summed E-state index contributed by atoms with van der Waals surface area (Å²) in [4.78, 5) is 29.3. The fourth-order valence-corrected chi connectivity index (χ4v) is 8.53. The van der Waals surface area contributed by atoms with Crippen molar-refractivity contribution < 1.29 is 36.6 Å². The molecule has 1 heterocycles. The van der Waals surface area contributed by atoms with Gasteiger partial charge >= 0.3 is 12.1 Å². The Balaban J connectivity index is 1.34. The second kappa shape index (κ2) is 10.9. The molecule has 0 unspecified atom stereocenters. The zero-order valence-corrected chi connectivity index (χ0v) is 24.4. The third-order valence-electron chi connectivity index (χ3n) is 10.7. The standard InChI is InChI=1S/C34H35F5N2O3/c1-31-19-27(20-5-7-21(8-6-20)30(43)41-17-14-23-4-2-3-16-40-23)29-25-12-10-24(42)18-22(25)9-11-26(29)28(31)13-15-32(31,44)33(35,36)34(37,38)39/h2-8,16,18,26-28,44H,9-15,17,19H2,1H3,(H,41,43)/t26-,27+,28-,31-,32-/m0/s1. The van der Waals surface area contributed by atoms with Crippen LogP contribution in [0.25, 0.3) is 0 Å². The van der Waals surface area contributed by atoms with Gasteiger partial charge in [-0.05, 0) is 97.4 Å². The molecular weight excluding hydrogens is 579 g/mol. The number of nitrogens with zero attached hydrogens (tertiary/aromatic N) is 1. The number of aromatic nitrogens is 1. The number of benzene rings is 1. The average molecular weight is 615 g/mol. The van der Waals surface area contributed by atoms with Crippen molar-refractivity contribution in [2.24, 2.45) is 17.3 Å². The molecule has 2 N–H and O–H groups in total. The van der Waals surface area contributed by atoms with Crippen LogP contribution in [0.4, 0.5) is 22.0 Å². The number of aliphatic hydroxyl groups is 1. The number of fused-ring (bicyclic) bond motifs is 4. The summed E-state index contributed by atoms with van der Waals surface area (Å²) in [5.41, 5.74) is -0.167. The molecule has 2 saturated carbocycles. The summed E-state index contributed by atoms with van der Waals surface area (Å²) in [5.74, 6) is -6.98. The predicted octanol–water partition coefficient (Wildman–Crippen LogP) is 6.88. The van der Waals surface area contributed by atoms with Crippen LogP contribution in [0.1, 0.15) is 79.4 Å². The van der Waals surface area contributed by atoms with Crippen LogP contribution < -0.4 is 5.32 Å². The van der Waals surface area contributed by atoms with Gasteiger partial charge in [-0.1, -0.05) is 30.7 Å². The van der Waals surface area contributed by atoms with E-state index < -0.39 is 41.4 Å². The van der Waals surface area contributed by atoms with Gasteiger partial charge in [0.25, 0.3) is 5.91 Å². The zero-order valence-electron chi connectivity index (χ0n) is 24.4. The number of hydrogen-bond donors (Lipinski definition) is 2. The highest BCUT2D eigenvalue weighted by Gasteiger charge is 2.79. The van der Waals surface area contributed by atoms with Crippen LogP contribution in [0.3, 0.4) is 0 Å². The van der Waals surface area contributed by atoms with Gasteiger partial charge in [-0.25, -0.2) is 0 Å². The number of halogens is 5. The maximum atomic E-state index is 15.2. The van der Waals surface area contributed by atoms with Crippen LogP contribution in [-0.2, 0) is 11.2 Å². The van der Waals surface area contributed by atoms with Crippen LogP contribution in [0, 0.1) is 17.3 Å². The minimum atomic E-state index is -5.90. The van der Waals surface area contributed by atoms with Gasteiger partial charge in [-0.3, -0.25) is 14.6 Å². The molecule has 5 atom stereocenters.